The van der Waals surface area contributed by atoms with Crippen LogP contribution >= 0.6 is 0 Å². The molecule has 2 saturated heterocycles. The van der Waals surface area contributed by atoms with Gasteiger partial charge in [0.15, 0.2) is 0 Å². The van der Waals surface area contributed by atoms with Gasteiger partial charge in [0.05, 0.1) is 0 Å². The van der Waals surface area contributed by atoms with Crippen LogP contribution in [0.2, 0.25) is 0 Å². The first-order chi connectivity index (χ1) is 6.20. The molecule has 0 saturated carbocycles. The molecule has 3 atom stereocenters. The van der Waals surface area contributed by atoms with Gasteiger partial charge in [-0.05, 0) is 26.4 Å². The van der Waals surface area contributed by atoms with Crippen molar-refractivity contribution in [1.82, 2.24) is 9.80 Å². The maximum atomic E-state index is 6.03. The number of likely N-dealkylation sites (tertiary alicyclic amines) is 1. The fourth-order valence-corrected chi connectivity index (χ4v) is 2.76. The van der Waals surface area contributed by atoms with E-state index < -0.39 is 0 Å². The van der Waals surface area contributed by atoms with E-state index in [1.807, 2.05) is 0 Å². The van der Waals surface area contributed by atoms with Crippen LogP contribution in [0.15, 0.2) is 0 Å². The average Bonchev–Trinajstić information content (AvgIpc) is 2.07. The number of piperidine rings is 1. The summed E-state index contributed by atoms with van der Waals surface area (Å²) in [5.41, 5.74) is 6.03. The molecule has 2 aliphatic rings. The molecule has 76 valence electrons. The van der Waals surface area contributed by atoms with Gasteiger partial charge in [-0.25, -0.2) is 0 Å². The molecule has 2 heterocycles. The van der Waals surface area contributed by atoms with Crippen LogP contribution in [0.25, 0.3) is 0 Å². The molecule has 2 bridgehead atoms. The second-order valence-corrected chi connectivity index (χ2v) is 4.56. The Hall–Kier alpha value is -0.120. The van der Waals surface area contributed by atoms with Crippen molar-refractivity contribution in [3.05, 3.63) is 0 Å². The third-order valence-corrected chi connectivity index (χ3v) is 3.69. The Bertz CT molecular complexity index is 167. The Morgan fingerprint density at radius 3 is 2.23 bits per heavy atom. The van der Waals surface area contributed by atoms with Crippen LogP contribution in [0.5, 0.6) is 0 Å². The number of hydrogen-bond donors (Lipinski definition) is 1. The maximum absolute atomic E-state index is 6.03. The molecule has 3 heteroatoms. The quantitative estimate of drug-likeness (QED) is 0.626. The Morgan fingerprint density at radius 2 is 1.77 bits per heavy atom. The van der Waals surface area contributed by atoms with Crippen LogP contribution in [0.3, 0.4) is 0 Å². The van der Waals surface area contributed by atoms with Crippen molar-refractivity contribution in [2.45, 2.75) is 37.9 Å². The minimum absolute atomic E-state index is 0.449. The van der Waals surface area contributed by atoms with E-state index in [2.05, 4.69) is 23.8 Å². The molecule has 0 amide bonds. The lowest BCUT2D eigenvalue weighted by Crippen LogP contribution is -2.62. The van der Waals surface area contributed by atoms with Crippen molar-refractivity contribution in [2.75, 3.05) is 26.7 Å². The number of nitrogens with two attached hydrogens (primary N) is 1. The van der Waals surface area contributed by atoms with Gasteiger partial charge in [-0.2, -0.15) is 0 Å². The highest BCUT2D eigenvalue weighted by Crippen LogP contribution is 2.26. The summed E-state index contributed by atoms with van der Waals surface area (Å²) in [6.07, 6.45) is 2.37. The zero-order chi connectivity index (χ0) is 9.42. The van der Waals surface area contributed by atoms with E-state index in [4.69, 9.17) is 5.73 Å². The molecule has 0 aliphatic carbocycles. The van der Waals surface area contributed by atoms with E-state index in [1.165, 1.54) is 32.5 Å². The van der Waals surface area contributed by atoms with E-state index in [0.717, 1.165) is 0 Å². The van der Waals surface area contributed by atoms with Gasteiger partial charge in [-0.15, -0.1) is 0 Å². The summed E-state index contributed by atoms with van der Waals surface area (Å²) in [6, 6.07) is 1.87. The third kappa shape index (κ3) is 1.73. The summed E-state index contributed by atoms with van der Waals surface area (Å²) >= 11 is 0. The monoisotopic (exact) mass is 183 g/mol. The predicted octanol–water partition coefficient (Wildman–Crippen LogP) is 0.112. The molecule has 0 aromatic rings. The number of piperazine rings is 1. The van der Waals surface area contributed by atoms with Crippen LogP contribution in [0.1, 0.15) is 19.8 Å². The lowest BCUT2D eigenvalue weighted by Gasteiger charge is -2.50. The highest BCUT2D eigenvalue weighted by molar-refractivity contribution is 4.95. The molecule has 0 aromatic heterocycles. The fraction of sp³-hybridized carbons (Fsp3) is 1.00. The molecular weight excluding hydrogens is 162 g/mol. The molecule has 13 heavy (non-hydrogen) atoms. The molecule has 0 radical (unpaired) electrons. The summed E-state index contributed by atoms with van der Waals surface area (Å²) in [6.45, 7) is 5.88. The van der Waals surface area contributed by atoms with Gasteiger partial charge >= 0.3 is 0 Å². The Morgan fingerprint density at radius 1 is 1.23 bits per heavy atom. The summed E-state index contributed by atoms with van der Waals surface area (Å²) < 4.78 is 0. The van der Waals surface area contributed by atoms with Gasteiger partial charge in [0.1, 0.15) is 0 Å². The van der Waals surface area contributed by atoms with Crippen molar-refractivity contribution in [3.63, 3.8) is 0 Å². The number of fused-ring (bicyclic) bond motifs is 2. The van der Waals surface area contributed by atoms with E-state index >= 15 is 0 Å². The SMILES string of the molecule is CCN1C[C@H]2C[C@@H](N)C[C@@H](C1)N2C. The lowest BCUT2D eigenvalue weighted by molar-refractivity contribution is 0.00529. The van der Waals surface area contributed by atoms with Crippen LogP contribution in [0, 0.1) is 0 Å². The second-order valence-electron chi connectivity index (χ2n) is 4.56. The maximum Gasteiger partial charge on any atom is 0.0238 e. The van der Waals surface area contributed by atoms with Gasteiger partial charge in [0, 0.05) is 31.2 Å². The molecule has 2 aliphatic heterocycles. The Labute approximate surface area is 80.9 Å². The first-order valence-corrected chi connectivity index (χ1v) is 5.40. The zero-order valence-corrected chi connectivity index (χ0v) is 8.74. The highest BCUT2D eigenvalue weighted by Gasteiger charge is 2.37. The lowest BCUT2D eigenvalue weighted by atomic mass is 9.89. The van der Waals surface area contributed by atoms with Crippen LogP contribution < -0.4 is 5.73 Å². The van der Waals surface area contributed by atoms with E-state index in [9.17, 15) is 0 Å². The number of nitrogens with zero attached hydrogens (tertiary/aromatic N) is 2. The van der Waals surface area contributed by atoms with Gasteiger partial charge < -0.3 is 10.6 Å². The topological polar surface area (TPSA) is 32.5 Å². The van der Waals surface area contributed by atoms with E-state index in [0.29, 0.717) is 18.1 Å². The predicted molar refractivity (Wildman–Crippen MR) is 54.7 cm³/mol. The minimum atomic E-state index is 0.449. The first kappa shape index (κ1) is 9.44. The van der Waals surface area contributed by atoms with E-state index in [-0.39, 0.29) is 0 Å². The smallest absolute Gasteiger partial charge is 0.0238 e. The summed E-state index contributed by atoms with van der Waals surface area (Å²) in [5, 5.41) is 0. The number of hydrogen-bond acceptors (Lipinski definition) is 3. The molecule has 2 N–H and O–H groups in total. The average molecular weight is 183 g/mol. The molecule has 2 fully saturated rings. The van der Waals surface area contributed by atoms with Crippen molar-refractivity contribution >= 4 is 0 Å². The minimum Gasteiger partial charge on any atom is -0.328 e. The number of likely N-dealkylation sites (N-methyl/N-ethyl adjacent to an activating group) is 2. The van der Waals surface area contributed by atoms with Crippen molar-refractivity contribution in [3.8, 4) is 0 Å². The highest BCUT2D eigenvalue weighted by atomic mass is 15.3. The zero-order valence-electron chi connectivity index (χ0n) is 8.74. The molecule has 0 aromatic carbocycles. The van der Waals surface area contributed by atoms with Crippen molar-refractivity contribution in [2.24, 2.45) is 5.73 Å². The van der Waals surface area contributed by atoms with Crippen LogP contribution in [0.4, 0.5) is 0 Å². The molecule has 3 nitrogen and oxygen atoms in total. The normalized spacial score (nSPS) is 42.2. The second kappa shape index (κ2) is 3.56. The van der Waals surface area contributed by atoms with Crippen LogP contribution in [-0.4, -0.2) is 54.6 Å². The van der Waals surface area contributed by atoms with Crippen molar-refractivity contribution < 1.29 is 0 Å². The first-order valence-electron chi connectivity index (χ1n) is 5.40. The van der Waals surface area contributed by atoms with Crippen LogP contribution in [-0.2, 0) is 0 Å². The van der Waals surface area contributed by atoms with Gasteiger partial charge in [0.2, 0.25) is 0 Å². The molecule has 2 rings (SSSR count). The van der Waals surface area contributed by atoms with E-state index in [1.54, 1.807) is 0 Å². The standard InChI is InChI=1S/C10H21N3/c1-3-13-6-9-4-8(11)5-10(7-13)12(9)2/h8-10H,3-7,11H2,1-2H3/t8-,9-,10+. The molecular formula is C10H21N3. The third-order valence-electron chi connectivity index (χ3n) is 3.69. The summed E-state index contributed by atoms with van der Waals surface area (Å²) in [7, 11) is 2.26. The van der Waals surface area contributed by atoms with Gasteiger partial charge in [-0.3, -0.25) is 4.90 Å². The van der Waals surface area contributed by atoms with Gasteiger partial charge in [0.25, 0.3) is 0 Å². The Balaban J connectivity index is 2.04. The number of rotatable bonds is 1. The summed E-state index contributed by atoms with van der Waals surface area (Å²) in [4.78, 5) is 5.09. The van der Waals surface area contributed by atoms with Gasteiger partial charge in [-0.1, -0.05) is 6.92 Å². The largest absolute Gasteiger partial charge is 0.328 e. The molecule has 0 unspecified atom stereocenters. The summed E-state index contributed by atoms with van der Waals surface area (Å²) in [5.74, 6) is 0. The molecule has 0 spiro atoms. The van der Waals surface area contributed by atoms with Crippen molar-refractivity contribution in [1.29, 1.82) is 0 Å². The fourth-order valence-electron chi connectivity index (χ4n) is 2.76. The Kier molecular flexibility index (Phi) is 2.58.